The normalized spacial score (nSPS) is 21.5. The number of hydrogen-bond donors (Lipinski definition) is 0. The topological polar surface area (TPSA) is 23.8 Å². The number of nitriles is 1. The largest absolute Gasteiger partial charge is 0.206 e. The number of hydrogen-bond acceptors (Lipinski definition) is 1. The van der Waals surface area contributed by atoms with Crippen molar-refractivity contribution in [2.45, 2.75) is 71.1 Å². The lowest BCUT2D eigenvalue weighted by molar-refractivity contribution is 0.249. The second-order valence-electron chi connectivity index (χ2n) is 6.85. The molecule has 1 fully saturated rings. The molecule has 0 radical (unpaired) electrons. The van der Waals surface area contributed by atoms with Crippen molar-refractivity contribution in [2.75, 3.05) is 0 Å². The fraction of sp³-hybridized carbons (Fsp3) is 0.650. The molecule has 120 valence electrons. The Morgan fingerprint density at radius 3 is 2.36 bits per heavy atom. The molecule has 0 N–H and O–H groups in total. The van der Waals surface area contributed by atoms with Crippen LogP contribution in [0.5, 0.6) is 0 Å². The monoisotopic (exact) mass is 301 g/mol. The Morgan fingerprint density at radius 1 is 1.09 bits per heavy atom. The van der Waals surface area contributed by atoms with Gasteiger partial charge in [-0.3, -0.25) is 0 Å². The van der Waals surface area contributed by atoms with Crippen molar-refractivity contribution in [3.8, 4) is 6.07 Å². The maximum atomic E-state index is 13.6. The van der Waals surface area contributed by atoms with Gasteiger partial charge in [0.05, 0.1) is 5.56 Å². The molecule has 1 aliphatic carbocycles. The molecule has 0 aromatic heterocycles. The summed E-state index contributed by atoms with van der Waals surface area (Å²) in [6, 6.07) is 6.92. The van der Waals surface area contributed by atoms with Gasteiger partial charge >= 0.3 is 0 Å². The van der Waals surface area contributed by atoms with Crippen molar-refractivity contribution in [3.05, 3.63) is 35.1 Å². The average molecular weight is 301 g/mol. The molecule has 0 amide bonds. The second-order valence-corrected chi connectivity index (χ2v) is 6.85. The van der Waals surface area contributed by atoms with E-state index in [1.165, 1.54) is 57.4 Å². The standard InChI is InChI=1S/C20H28FN/c1-2-3-4-5-16-6-8-17(9-7-16)10-11-18-12-13-19(15-22)20(21)14-18/h12-14,16-17H,2-11H2,1H3/t16-,17-. The minimum Gasteiger partial charge on any atom is -0.206 e. The highest BCUT2D eigenvalue weighted by Crippen LogP contribution is 2.34. The third-order valence-corrected chi connectivity index (χ3v) is 5.18. The predicted octanol–water partition coefficient (Wildman–Crippen LogP) is 6.02. The summed E-state index contributed by atoms with van der Waals surface area (Å²) in [6.45, 7) is 2.27. The van der Waals surface area contributed by atoms with Crippen LogP contribution < -0.4 is 0 Å². The highest BCUT2D eigenvalue weighted by atomic mass is 19.1. The number of unbranched alkanes of at least 4 members (excludes halogenated alkanes) is 2. The van der Waals surface area contributed by atoms with Crippen LogP contribution in [0.2, 0.25) is 0 Å². The first-order valence-corrected chi connectivity index (χ1v) is 8.91. The van der Waals surface area contributed by atoms with Crippen LogP contribution in [0.1, 0.15) is 75.8 Å². The quantitative estimate of drug-likeness (QED) is 0.565. The summed E-state index contributed by atoms with van der Waals surface area (Å²) in [5, 5.41) is 8.76. The number of aryl methyl sites for hydroxylation is 1. The van der Waals surface area contributed by atoms with Gasteiger partial charge in [0.15, 0.2) is 0 Å². The van der Waals surface area contributed by atoms with Gasteiger partial charge in [-0.15, -0.1) is 0 Å². The first kappa shape index (κ1) is 17.0. The van der Waals surface area contributed by atoms with Gasteiger partial charge in [-0.25, -0.2) is 4.39 Å². The van der Waals surface area contributed by atoms with E-state index in [2.05, 4.69) is 6.92 Å². The molecule has 1 aromatic rings. The Labute approximate surface area is 134 Å². The molecule has 1 aliphatic rings. The van der Waals surface area contributed by atoms with Crippen molar-refractivity contribution in [1.82, 2.24) is 0 Å². The van der Waals surface area contributed by atoms with Crippen LogP contribution in [0.15, 0.2) is 18.2 Å². The molecule has 0 bridgehead atoms. The molecule has 22 heavy (non-hydrogen) atoms. The Balaban J connectivity index is 1.70. The van der Waals surface area contributed by atoms with Crippen LogP contribution in [-0.4, -0.2) is 0 Å². The van der Waals surface area contributed by atoms with Crippen LogP contribution in [0.4, 0.5) is 4.39 Å². The minimum absolute atomic E-state index is 0.149. The summed E-state index contributed by atoms with van der Waals surface area (Å²) >= 11 is 0. The van der Waals surface area contributed by atoms with Crippen molar-refractivity contribution >= 4 is 0 Å². The van der Waals surface area contributed by atoms with E-state index in [1.54, 1.807) is 6.07 Å². The van der Waals surface area contributed by atoms with Gasteiger partial charge in [0.1, 0.15) is 11.9 Å². The van der Waals surface area contributed by atoms with Crippen LogP contribution >= 0.6 is 0 Å². The second kappa shape index (κ2) is 8.93. The van der Waals surface area contributed by atoms with Gasteiger partial charge < -0.3 is 0 Å². The lowest BCUT2D eigenvalue weighted by atomic mass is 9.78. The van der Waals surface area contributed by atoms with Gasteiger partial charge in [-0.05, 0) is 42.4 Å². The van der Waals surface area contributed by atoms with Crippen LogP contribution in [0, 0.1) is 29.0 Å². The first-order chi connectivity index (χ1) is 10.7. The zero-order valence-electron chi connectivity index (χ0n) is 13.8. The van der Waals surface area contributed by atoms with Gasteiger partial charge in [-0.2, -0.15) is 5.26 Å². The number of halogens is 1. The lowest BCUT2D eigenvalue weighted by Crippen LogP contribution is -2.15. The van der Waals surface area contributed by atoms with E-state index in [4.69, 9.17) is 5.26 Å². The summed E-state index contributed by atoms with van der Waals surface area (Å²) in [4.78, 5) is 0. The molecule has 1 saturated carbocycles. The van der Waals surface area contributed by atoms with Gasteiger partial charge in [0, 0.05) is 0 Å². The molecular formula is C20H28FN. The van der Waals surface area contributed by atoms with E-state index in [0.29, 0.717) is 0 Å². The third-order valence-electron chi connectivity index (χ3n) is 5.18. The Morgan fingerprint density at radius 2 is 1.77 bits per heavy atom. The molecule has 1 nitrogen and oxygen atoms in total. The predicted molar refractivity (Wildman–Crippen MR) is 89.0 cm³/mol. The summed E-state index contributed by atoms with van der Waals surface area (Å²) in [5.74, 6) is 1.39. The summed E-state index contributed by atoms with van der Waals surface area (Å²) in [6.07, 6.45) is 13.1. The van der Waals surface area contributed by atoms with Gasteiger partial charge in [0.2, 0.25) is 0 Å². The maximum Gasteiger partial charge on any atom is 0.141 e. The Bertz CT molecular complexity index is 495. The zero-order valence-corrected chi connectivity index (χ0v) is 13.8. The van der Waals surface area contributed by atoms with Crippen molar-refractivity contribution < 1.29 is 4.39 Å². The first-order valence-electron chi connectivity index (χ1n) is 8.91. The summed E-state index contributed by atoms with van der Waals surface area (Å²) < 4.78 is 13.6. The molecular weight excluding hydrogens is 273 g/mol. The molecule has 0 heterocycles. The van der Waals surface area contributed by atoms with E-state index >= 15 is 0 Å². The van der Waals surface area contributed by atoms with Crippen LogP contribution in [0.3, 0.4) is 0 Å². The molecule has 0 saturated heterocycles. The van der Waals surface area contributed by atoms with E-state index in [-0.39, 0.29) is 11.4 Å². The Hall–Kier alpha value is -1.36. The van der Waals surface area contributed by atoms with Gasteiger partial charge in [-0.1, -0.05) is 64.4 Å². The molecule has 0 unspecified atom stereocenters. The van der Waals surface area contributed by atoms with E-state index in [0.717, 1.165) is 30.2 Å². The number of rotatable bonds is 7. The number of benzene rings is 1. The summed E-state index contributed by atoms with van der Waals surface area (Å²) in [5.41, 5.74) is 1.18. The highest BCUT2D eigenvalue weighted by Gasteiger charge is 2.20. The van der Waals surface area contributed by atoms with E-state index < -0.39 is 0 Å². The fourth-order valence-electron chi connectivity index (χ4n) is 3.67. The molecule has 2 heteroatoms. The molecule has 2 rings (SSSR count). The number of nitrogens with zero attached hydrogens (tertiary/aromatic N) is 1. The summed E-state index contributed by atoms with van der Waals surface area (Å²) in [7, 11) is 0. The molecule has 0 spiro atoms. The molecule has 0 atom stereocenters. The van der Waals surface area contributed by atoms with E-state index in [9.17, 15) is 4.39 Å². The smallest absolute Gasteiger partial charge is 0.141 e. The zero-order chi connectivity index (χ0) is 15.8. The molecule has 0 aliphatic heterocycles. The fourth-order valence-corrected chi connectivity index (χ4v) is 3.67. The van der Waals surface area contributed by atoms with Crippen molar-refractivity contribution in [3.63, 3.8) is 0 Å². The maximum absolute atomic E-state index is 13.6. The minimum atomic E-state index is -0.375. The average Bonchev–Trinajstić information content (AvgIpc) is 2.54. The Kier molecular flexibility index (Phi) is 6.90. The van der Waals surface area contributed by atoms with E-state index in [1.807, 2.05) is 12.1 Å². The molecule has 1 aromatic carbocycles. The lowest BCUT2D eigenvalue weighted by Gasteiger charge is -2.28. The van der Waals surface area contributed by atoms with Gasteiger partial charge in [0.25, 0.3) is 0 Å². The SMILES string of the molecule is CCCCC[C@H]1CC[C@H](CCc2ccc(C#N)c(F)c2)CC1. The highest BCUT2D eigenvalue weighted by molar-refractivity contribution is 5.33. The van der Waals surface area contributed by atoms with Crippen molar-refractivity contribution in [1.29, 1.82) is 5.26 Å². The van der Waals surface area contributed by atoms with Crippen LogP contribution in [-0.2, 0) is 6.42 Å². The van der Waals surface area contributed by atoms with Crippen molar-refractivity contribution in [2.24, 2.45) is 11.8 Å². The van der Waals surface area contributed by atoms with Crippen LogP contribution in [0.25, 0.3) is 0 Å². The third kappa shape index (κ3) is 5.13.